The molecule has 0 aliphatic carbocycles. The van der Waals surface area contributed by atoms with Crippen molar-refractivity contribution >= 4 is 0 Å². The lowest BCUT2D eigenvalue weighted by Gasteiger charge is -2.10. The third-order valence-electron chi connectivity index (χ3n) is 3.84. The van der Waals surface area contributed by atoms with E-state index in [1.165, 1.54) is 16.7 Å². The molecule has 0 radical (unpaired) electrons. The van der Waals surface area contributed by atoms with E-state index >= 15 is 0 Å². The van der Waals surface area contributed by atoms with E-state index in [0.29, 0.717) is 0 Å². The highest BCUT2D eigenvalue weighted by Crippen LogP contribution is 2.22. The molecular weight excluding hydrogens is 246 g/mol. The highest BCUT2D eigenvalue weighted by molar-refractivity contribution is 5.58. The Bertz CT molecular complexity index is 742. The molecule has 20 heavy (non-hydrogen) atoms. The Hall–Kier alpha value is -2.42. The minimum absolute atomic E-state index is 0.892. The van der Waals surface area contributed by atoms with E-state index in [2.05, 4.69) is 43.2 Å². The highest BCUT2D eigenvalue weighted by Gasteiger charge is 2.09. The van der Waals surface area contributed by atoms with Gasteiger partial charge in [0.1, 0.15) is 5.69 Å². The molecule has 3 aromatic rings. The molecule has 100 valence electrons. The van der Waals surface area contributed by atoms with Gasteiger partial charge >= 0.3 is 0 Å². The van der Waals surface area contributed by atoms with Crippen LogP contribution >= 0.6 is 0 Å². The first-order chi connectivity index (χ1) is 9.66. The lowest BCUT2D eigenvalue weighted by atomic mass is 10.0. The van der Waals surface area contributed by atoms with Crippen LogP contribution in [0.5, 0.6) is 0 Å². The first-order valence-corrected chi connectivity index (χ1v) is 6.72. The van der Waals surface area contributed by atoms with Gasteiger partial charge < -0.3 is 0 Å². The zero-order valence-electron chi connectivity index (χ0n) is 12.0. The Balaban J connectivity index is 2.05. The minimum atomic E-state index is 0.892. The van der Waals surface area contributed by atoms with Crippen molar-refractivity contribution in [2.75, 3.05) is 0 Å². The largest absolute Gasteiger partial charge is 0.220 e. The van der Waals surface area contributed by atoms with Crippen molar-refractivity contribution in [2.24, 2.45) is 0 Å². The fourth-order valence-electron chi connectivity index (χ4n) is 2.31. The van der Waals surface area contributed by atoms with Crippen LogP contribution in [0, 0.1) is 20.8 Å². The van der Waals surface area contributed by atoms with Gasteiger partial charge in [0.2, 0.25) is 0 Å². The number of hydrogen-bond acceptors (Lipinski definition) is 2. The molecular formula is C17H17N3. The van der Waals surface area contributed by atoms with Crippen LogP contribution in [0.3, 0.4) is 0 Å². The van der Waals surface area contributed by atoms with Gasteiger partial charge in [-0.15, -0.1) is 5.10 Å². The Morgan fingerprint density at radius 2 is 1.60 bits per heavy atom. The van der Waals surface area contributed by atoms with Gasteiger partial charge in [-0.25, -0.2) is 4.68 Å². The second-order valence-electron chi connectivity index (χ2n) is 5.07. The first kappa shape index (κ1) is 12.6. The first-order valence-electron chi connectivity index (χ1n) is 6.72. The SMILES string of the molecule is Cc1ccc(-n2cc(-c3ccccc3)nn2)c(C)c1C. The fourth-order valence-corrected chi connectivity index (χ4v) is 2.31. The molecule has 3 rings (SSSR count). The molecule has 1 aromatic heterocycles. The van der Waals surface area contributed by atoms with Gasteiger partial charge in [0.15, 0.2) is 0 Å². The number of rotatable bonds is 2. The number of hydrogen-bond donors (Lipinski definition) is 0. The topological polar surface area (TPSA) is 30.7 Å². The van der Waals surface area contributed by atoms with Crippen molar-refractivity contribution in [2.45, 2.75) is 20.8 Å². The van der Waals surface area contributed by atoms with E-state index < -0.39 is 0 Å². The van der Waals surface area contributed by atoms with Gasteiger partial charge in [0.05, 0.1) is 11.9 Å². The summed E-state index contributed by atoms with van der Waals surface area (Å²) in [4.78, 5) is 0. The molecule has 0 bridgehead atoms. The van der Waals surface area contributed by atoms with E-state index in [1.807, 2.05) is 41.2 Å². The molecule has 0 saturated heterocycles. The maximum atomic E-state index is 4.27. The third kappa shape index (κ3) is 2.11. The Morgan fingerprint density at radius 3 is 2.35 bits per heavy atom. The molecule has 0 atom stereocenters. The minimum Gasteiger partial charge on any atom is -0.220 e. The van der Waals surface area contributed by atoms with E-state index in [0.717, 1.165) is 16.9 Å². The summed E-state index contributed by atoms with van der Waals surface area (Å²) in [5.41, 5.74) is 6.91. The van der Waals surface area contributed by atoms with Crippen LogP contribution in [0.15, 0.2) is 48.7 Å². The van der Waals surface area contributed by atoms with Crippen molar-refractivity contribution in [3.8, 4) is 16.9 Å². The van der Waals surface area contributed by atoms with Crippen LogP contribution in [0.1, 0.15) is 16.7 Å². The van der Waals surface area contributed by atoms with Gasteiger partial charge in [0.25, 0.3) is 0 Å². The van der Waals surface area contributed by atoms with Gasteiger partial charge in [0, 0.05) is 5.56 Å². The lowest BCUT2D eigenvalue weighted by Crippen LogP contribution is -2.00. The van der Waals surface area contributed by atoms with Crippen LogP contribution in [-0.4, -0.2) is 15.0 Å². The molecule has 0 aliphatic rings. The molecule has 0 unspecified atom stereocenters. The van der Waals surface area contributed by atoms with E-state index in [-0.39, 0.29) is 0 Å². The molecule has 2 aromatic carbocycles. The standard InChI is InChI=1S/C17H17N3/c1-12-9-10-17(14(3)13(12)2)20-11-16(18-19-20)15-7-5-4-6-8-15/h4-11H,1-3H3. The second-order valence-corrected chi connectivity index (χ2v) is 5.07. The van der Waals surface area contributed by atoms with E-state index in [9.17, 15) is 0 Å². The number of nitrogens with zero attached hydrogens (tertiary/aromatic N) is 3. The monoisotopic (exact) mass is 263 g/mol. The van der Waals surface area contributed by atoms with Gasteiger partial charge in [-0.1, -0.05) is 41.6 Å². The van der Waals surface area contributed by atoms with Crippen molar-refractivity contribution < 1.29 is 0 Å². The Morgan fingerprint density at radius 1 is 0.850 bits per heavy atom. The smallest absolute Gasteiger partial charge is 0.113 e. The maximum Gasteiger partial charge on any atom is 0.113 e. The van der Waals surface area contributed by atoms with E-state index in [1.54, 1.807) is 0 Å². The van der Waals surface area contributed by atoms with Crippen LogP contribution in [-0.2, 0) is 0 Å². The van der Waals surface area contributed by atoms with Gasteiger partial charge in [-0.3, -0.25) is 0 Å². The quantitative estimate of drug-likeness (QED) is 0.703. The number of aromatic nitrogens is 3. The van der Waals surface area contributed by atoms with Gasteiger partial charge in [-0.05, 0) is 43.5 Å². The second kappa shape index (κ2) is 4.93. The summed E-state index contributed by atoms with van der Waals surface area (Å²) in [6.45, 7) is 6.40. The summed E-state index contributed by atoms with van der Waals surface area (Å²) in [7, 11) is 0. The summed E-state index contributed by atoms with van der Waals surface area (Å²) < 4.78 is 1.85. The van der Waals surface area contributed by atoms with E-state index in [4.69, 9.17) is 0 Å². The Labute approximate surface area is 118 Å². The van der Waals surface area contributed by atoms with Crippen LogP contribution < -0.4 is 0 Å². The summed E-state index contributed by atoms with van der Waals surface area (Å²) in [6, 6.07) is 14.3. The molecule has 0 N–H and O–H groups in total. The fraction of sp³-hybridized carbons (Fsp3) is 0.176. The zero-order valence-corrected chi connectivity index (χ0v) is 12.0. The molecule has 0 amide bonds. The average molecular weight is 263 g/mol. The van der Waals surface area contributed by atoms with Crippen LogP contribution in [0.4, 0.5) is 0 Å². The van der Waals surface area contributed by atoms with Crippen molar-refractivity contribution in [1.82, 2.24) is 15.0 Å². The summed E-state index contributed by atoms with van der Waals surface area (Å²) in [6.07, 6.45) is 1.98. The molecule has 3 nitrogen and oxygen atoms in total. The van der Waals surface area contributed by atoms with Crippen molar-refractivity contribution in [1.29, 1.82) is 0 Å². The summed E-state index contributed by atoms with van der Waals surface area (Å²) >= 11 is 0. The lowest BCUT2D eigenvalue weighted by molar-refractivity contribution is 0.797. The molecule has 0 saturated carbocycles. The predicted octanol–water partition coefficient (Wildman–Crippen LogP) is 3.86. The van der Waals surface area contributed by atoms with Crippen molar-refractivity contribution in [3.05, 3.63) is 65.4 Å². The van der Waals surface area contributed by atoms with Gasteiger partial charge in [-0.2, -0.15) is 0 Å². The van der Waals surface area contributed by atoms with Crippen LogP contribution in [0.2, 0.25) is 0 Å². The van der Waals surface area contributed by atoms with Crippen molar-refractivity contribution in [3.63, 3.8) is 0 Å². The molecule has 0 aliphatic heterocycles. The average Bonchev–Trinajstić information content (AvgIpc) is 2.95. The summed E-state index contributed by atoms with van der Waals surface area (Å²) in [5.74, 6) is 0. The molecule has 1 heterocycles. The van der Waals surface area contributed by atoms with Crippen LogP contribution in [0.25, 0.3) is 16.9 Å². The molecule has 3 heteroatoms. The molecule has 0 fully saturated rings. The number of aryl methyl sites for hydroxylation is 1. The Kier molecular flexibility index (Phi) is 3.11. The maximum absolute atomic E-state index is 4.27. The molecule has 0 spiro atoms. The normalized spacial score (nSPS) is 10.8. The third-order valence-corrected chi connectivity index (χ3v) is 3.84. The summed E-state index contributed by atoms with van der Waals surface area (Å²) in [5, 5.41) is 8.53. The predicted molar refractivity (Wildman–Crippen MR) is 81.0 cm³/mol. The number of benzene rings is 2. The zero-order chi connectivity index (χ0) is 14.1. The highest BCUT2D eigenvalue weighted by atomic mass is 15.4.